The Kier molecular flexibility index (Phi) is 3.16. The molecule has 0 radical (unpaired) electrons. The molecule has 1 amide bonds. The number of terminal acetylenes is 1. The lowest BCUT2D eigenvalue weighted by Gasteiger charge is -2.10. The van der Waals surface area contributed by atoms with Crippen molar-refractivity contribution in [1.29, 1.82) is 0 Å². The maximum Gasteiger partial charge on any atom is 0.224 e. The van der Waals surface area contributed by atoms with Crippen molar-refractivity contribution in [3.8, 4) is 12.3 Å². The normalized spacial score (nSPS) is 18.0. The van der Waals surface area contributed by atoms with Crippen LogP contribution in [0.3, 0.4) is 0 Å². The Labute approximate surface area is 73.7 Å². The maximum atomic E-state index is 11.2. The zero-order chi connectivity index (χ0) is 8.97. The van der Waals surface area contributed by atoms with Crippen molar-refractivity contribution in [3.05, 3.63) is 0 Å². The Morgan fingerprint density at radius 3 is 2.83 bits per heavy atom. The van der Waals surface area contributed by atoms with Gasteiger partial charge in [0.25, 0.3) is 0 Å². The van der Waals surface area contributed by atoms with E-state index in [0.717, 1.165) is 25.7 Å². The monoisotopic (exact) mass is 165 g/mol. The lowest BCUT2D eigenvalue weighted by atomic mass is 10.2. The van der Waals surface area contributed by atoms with E-state index in [1.165, 1.54) is 0 Å². The standard InChI is InChI=1S/C10H15NO/c1-3-5-9(4-2)11-10(12)8-6-7-8/h2,8-9H,3,5-7H2,1H3,(H,11,12). The summed E-state index contributed by atoms with van der Waals surface area (Å²) in [6.07, 6.45) is 9.23. The van der Waals surface area contributed by atoms with Crippen molar-refractivity contribution in [2.24, 2.45) is 5.92 Å². The van der Waals surface area contributed by atoms with Gasteiger partial charge in [0.05, 0.1) is 6.04 Å². The summed E-state index contributed by atoms with van der Waals surface area (Å²) in [7, 11) is 0. The van der Waals surface area contributed by atoms with Gasteiger partial charge in [-0.25, -0.2) is 0 Å². The van der Waals surface area contributed by atoms with Crippen molar-refractivity contribution in [1.82, 2.24) is 5.32 Å². The smallest absolute Gasteiger partial charge is 0.224 e. The molecule has 0 aromatic carbocycles. The van der Waals surface area contributed by atoms with Crippen molar-refractivity contribution in [2.75, 3.05) is 0 Å². The molecule has 0 aliphatic heterocycles. The van der Waals surface area contributed by atoms with E-state index in [9.17, 15) is 4.79 Å². The van der Waals surface area contributed by atoms with Gasteiger partial charge >= 0.3 is 0 Å². The minimum absolute atomic E-state index is 0.0527. The van der Waals surface area contributed by atoms with E-state index in [0.29, 0.717) is 0 Å². The molecule has 0 bridgehead atoms. The molecule has 2 heteroatoms. The van der Waals surface area contributed by atoms with Gasteiger partial charge in [-0.2, -0.15) is 0 Å². The minimum Gasteiger partial charge on any atom is -0.342 e. The molecule has 1 rings (SSSR count). The molecule has 1 unspecified atom stereocenters. The number of hydrogen-bond acceptors (Lipinski definition) is 1. The first-order valence-corrected chi connectivity index (χ1v) is 4.54. The summed E-state index contributed by atoms with van der Waals surface area (Å²) in [5.41, 5.74) is 0. The van der Waals surface area contributed by atoms with E-state index in [4.69, 9.17) is 6.42 Å². The second-order valence-corrected chi connectivity index (χ2v) is 3.29. The quantitative estimate of drug-likeness (QED) is 0.625. The molecule has 1 atom stereocenters. The number of rotatable bonds is 4. The van der Waals surface area contributed by atoms with Gasteiger partial charge in [0.2, 0.25) is 5.91 Å². The van der Waals surface area contributed by atoms with Crippen molar-refractivity contribution in [3.63, 3.8) is 0 Å². The molecule has 1 fully saturated rings. The molecule has 1 N–H and O–H groups in total. The van der Waals surface area contributed by atoms with Crippen LogP contribution in [-0.2, 0) is 4.79 Å². The van der Waals surface area contributed by atoms with E-state index >= 15 is 0 Å². The minimum atomic E-state index is -0.0527. The fraction of sp³-hybridized carbons (Fsp3) is 0.700. The first-order valence-electron chi connectivity index (χ1n) is 4.54. The number of carbonyl (C=O) groups is 1. The van der Waals surface area contributed by atoms with Crippen LogP contribution in [0.15, 0.2) is 0 Å². The average Bonchev–Trinajstić information content (AvgIpc) is 2.85. The van der Waals surface area contributed by atoms with Gasteiger partial charge in [0, 0.05) is 5.92 Å². The van der Waals surface area contributed by atoms with Gasteiger partial charge in [-0.15, -0.1) is 6.42 Å². The first kappa shape index (κ1) is 9.12. The SMILES string of the molecule is C#CC(CCC)NC(=O)C1CC1. The number of nitrogens with one attached hydrogen (secondary N) is 1. The molecule has 66 valence electrons. The Bertz CT molecular complexity index is 200. The van der Waals surface area contributed by atoms with Crippen LogP contribution in [0, 0.1) is 18.3 Å². The predicted octanol–water partition coefficient (Wildman–Crippen LogP) is 1.31. The second kappa shape index (κ2) is 4.15. The van der Waals surface area contributed by atoms with Crippen molar-refractivity contribution in [2.45, 2.75) is 38.6 Å². The Morgan fingerprint density at radius 1 is 1.75 bits per heavy atom. The van der Waals surface area contributed by atoms with Crippen LogP contribution in [0.2, 0.25) is 0 Å². The van der Waals surface area contributed by atoms with Gasteiger partial charge in [0.15, 0.2) is 0 Å². The molecule has 0 aromatic rings. The van der Waals surface area contributed by atoms with E-state index in [-0.39, 0.29) is 17.9 Å². The highest BCUT2D eigenvalue weighted by Gasteiger charge is 2.30. The van der Waals surface area contributed by atoms with E-state index < -0.39 is 0 Å². The molecule has 1 aliphatic rings. The number of hydrogen-bond donors (Lipinski definition) is 1. The van der Waals surface area contributed by atoms with Gasteiger partial charge in [-0.1, -0.05) is 19.3 Å². The van der Waals surface area contributed by atoms with E-state index in [1.807, 2.05) is 0 Å². The summed E-state index contributed by atoms with van der Waals surface area (Å²) in [6, 6.07) is -0.0527. The Morgan fingerprint density at radius 2 is 2.42 bits per heavy atom. The van der Waals surface area contributed by atoms with Crippen molar-refractivity contribution >= 4 is 5.91 Å². The molecule has 0 spiro atoms. The van der Waals surface area contributed by atoms with Gasteiger partial charge in [-0.05, 0) is 19.3 Å². The third kappa shape index (κ3) is 2.58. The Balaban J connectivity index is 2.26. The predicted molar refractivity (Wildman–Crippen MR) is 48.4 cm³/mol. The van der Waals surface area contributed by atoms with Crippen LogP contribution in [0.4, 0.5) is 0 Å². The van der Waals surface area contributed by atoms with E-state index in [1.54, 1.807) is 0 Å². The topological polar surface area (TPSA) is 29.1 Å². The molecule has 2 nitrogen and oxygen atoms in total. The highest BCUT2D eigenvalue weighted by Crippen LogP contribution is 2.28. The summed E-state index contributed by atoms with van der Waals surface area (Å²) in [5.74, 6) is 2.99. The summed E-state index contributed by atoms with van der Waals surface area (Å²) in [6.45, 7) is 2.06. The summed E-state index contributed by atoms with van der Waals surface area (Å²) >= 11 is 0. The largest absolute Gasteiger partial charge is 0.342 e. The van der Waals surface area contributed by atoms with Gasteiger partial charge in [0.1, 0.15) is 0 Å². The van der Waals surface area contributed by atoms with Crippen molar-refractivity contribution < 1.29 is 4.79 Å². The lowest BCUT2D eigenvalue weighted by Crippen LogP contribution is -2.34. The zero-order valence-corrected chi connectivity index (χ0v) is 7.47. The molecule has 12 heavy (non-hydrogen) atoms. The summed E-state index contributed by atoms with van der Waals surface area (Å²) in [5, 5.41) is 2.85. The number of amides is 1. The van der Waals surface area contributed by atoms with Crippen LogP contribution in [0.25, 0.3) is 0 Å². The molecule has 1 saturated carbocycles. The molecule has 0 aromatic heterocycles. The summed E-state index contributed by atoms with van der Waals surface area (Å²) < 4.78 is 0. The fourth-order valence-corrected chi connectivity index (χ4v) is 1.12. The van der Waals surface area contributed by atoms with Crippen LogP contribution in [-0.4, -0.2) is 11.9 Å². The molecule has 0 saturated heterocycles. The van der Waals surface area contributed by atoms with Crippen LogP contribution < -0.4 is 5.32 Å². The maximum absolute atomic E-state index is 11.2. The zero-order valence-electron chi connectivity index (χ0n) is 7.47. The fourth-order valence-electron chi connectivity index (χ4n) is 1.12. The molecule has 1 aliphatic carbocycles. The highest BCUT2D eigenvalue weighted by molar-refractivity contribution is 5.81. The average molecular weight is 165 g/mol. The van der Waals surface area contributed by atoms with Crippen LogP contribution >= 0.6 is 0 Å². The third-order valence-corrected chi connectivity index (χ3v) is 2.04. The molecular weight excluding hydrogens is 150 g/mol. The molecular formula is C10H15NO. The van der Waals surface area contributed by atoms with Gasteiger partial charge in [-0.3, -0.25) is 4.79 Å². The third-order valence-electron chi connectivity index (χ3n) is 2.04. The molecule has 0 heterocycles. The summed E-state index contributed by atoms with van der Waals surface area (Å²) in [4.78, 5) is 11.2. The lowest BCUT2D eigenvalue weighted by molar-refractivity contribution is -0.122. The number of carbonyl (C=O) groups excluding carboxylic acids is 1. The van der Waals surface area contributed by atoms with Crippen LogP contribution in [0.5, 0.6) is 0 Å². The van der Waals surface area contributed by atoms with E-state index in [2.05, 4.69) is 18.2 Å². The van der Waals surface area contributed by atoms with Gasteiger partial charge < -0.3 is 5.32 Å². The first-order chi connectivity index (χ1) is 5.77. The van der Waals surface area contributed by atoms with Crippen LogP contribution in [0.1, 0.15) is 32.6 Å². The second-order valence-electron chi connectivity index (χ2n) is 3.29. The Hall–Kier alpha value is -0.970. The highest BCUT2D eigenvalue weighted by atomic mass is 16.2.